The lowest BCUT2D eigenvalue weighted by Crippen LogP contribution is -2.06. The van der Waals surface area contributed by atoms with Gasteiger partial charge in [0.25, 0.3) is 5.82 Å². The standard InChI is InChI=1S/C24H17FN8.C23H17ClFN7.CH4/c1-14-12-16(10-11-28-14)21-22(15-6-8-17(25)9-7-15)31-24(26)33-23(21)30-20(32-33)13-18-4-3-5-19(27-2)29-18;1-13-11-15(9-10-27-13)20-21(14-5-7-16(25)8-6-14)30-23(26)32-22(20)29-19(31-32)12-17-3-2-4-18(24)28-17;/h3-12H,13H2,1H3,(H2,26,31);2-11H,12H2,1H3,(H2,26,30);1H4. The third-order valence-electron chi connectivity index (χ3n) is 10.1. The number of hydrogen-bond donors (Lipinski definition) is 2. The third-order valence-corrected chi connectivity index (χ3v) is 10.3. The van der Waals surface area contributed by atoms with Gasteiger partial charge in [-0.3, -0.25) is 9.97 Å². The van der Waals surface area contributed by atoms with Crippen LogP contribution >= 0.6 is 11.6 Å². The first kappa shape index (κ1) is 44.0. The van der Waals surface area contributed by atoms with Crippen molar-refractivity contribution in [1.29, 1.82) is 0 Å². The Bertz CT molecular complexity index is 3440. The van der Waals surface area contributed by atoms with E-state index in [0.29, 0.717) is 80.5 Å². The van der Waals surface area contributed by atoms with E-state index in [1.165, 1.54) is 33.3 Å². The van der Waals surface area contributed by atoms with E-state index in [1.807, 2.05) is 56.3 Å². The maximum atomic E-state index is 13.6. The van der Waals surface area contributed by atoms with Gasteiger partial charge in [0.2, 0.25) is 11.9 Å². The van der Waals surface area contributed by atoms with Gasteiger partial charge >= 0.3 is 0 Å². The van der Waals surface area contributed by atoms with Crippen molar-refractivity contribution in [2.75, 3.05) is 11.5 Å². The molecule has 10 rings (SSSR count). The zero-order valence-electron chi connectivity index (χ0n) is 34.6. The van der Waals surface area contributed by atoms with Crippen molar-refractivity contribution in [3.63, 3.8) is 0 Å². The molecule has 18 heteroatoms. The molecule has 0 bridgehead atoms. The Morgan fingerprint density at radius 2 is 1.03 bits per heavy atom. The normalized spacial score (nSPS) is 10.9. The van der Waals surface area contributed by atoms with E-state index >= 15 is 0 Å². The van der Waals surface area contributed by atoms with Crippen LogP contribution in [-0.4, -0.2) is 59.1 Å². The van der Waals surface area contributed by atoms with Gasteiger partial charge < -0.3 is 16.3 Å². The average molecular weight is 898 g/mol. The number of aryl methyl sites for hydroxylation is 2. The number of hydrogen-bond acceptors (Lipinski definition) is 12. The lowest BCUT2D eigenvalue weighted by molar-refractivity contribution is 0.627. The number of aromatic nitrogens is 12. The molecule has 8 heterocycles. The van der Waals surface area contributed by atoms with Crippen molar-refractivity contribution in [3.8, 4) is 44.8 Å². The van der Waals surface area contributed by atoms with Gasteiger partial charge in [-0.1, -0.05) is 37.7 Å². The number of nitrogens with two attached hydrogens (primary N) is 2. The van der Waals surface area contributed by atoms with Crippen molar-refractivity contribution in [1.82, 2.24) is 59.1 Å². The van der Waals surface area contributed by atoms with E-state index in [9.17, 15) is 8.78 Å². The Balaban J connectivity index is 0.000000177. The highest BCUT2D eigenvalue weighted by atomic mass is 35.5. The Morgan fingerprint density at radius 1 is 0.576 bits per heavy atom. The molecule has 15 nitrogen and oxygen atoms in total. The summed E-state index contributed by atoms with van der Waals surface area (Å²) in [6, 6.07) is 30.4. The zero-order chi connectivity index (χ0) is 45.2. The Labute approximate surface area is 381 Å². The summed E-state index contributed by atoms with van der Waals surface area (Å²) >= 11 is 6.02. The van der Waals surface area contributed by atoms with Crippen LogP contribution in [0.25, 0.3) is 60.9 Å². The first-order valence-corrected chi connectivity index (χ1v) is 20.3. The van der Waals surface area contributed by atoms with E-state index < -0.39 is 0 Å². The number of fused-ring (bicyclic) bond motifs is 2. The minimum absolute atomic E-state index is 0. The van der Waals surface area contributed by atoms with Crippen LogP contribution in [0.2, 0.25) is 5.15 Å². The second kappa shape index (κ2) is 18.6. The van der Waals surface area contributed by atoms with Gasteiger partial charge in [0.05, 0.1) is 35.4 Å². The van der Waals surface area contributed by atoms with Crippen molar-refractivity contribution in [3.05, 3.63) is 184 Å². The first-order chi connectivity index (χ1) is 31.5. The van der Waals surface area contributed by atoms with Crippen LogP contribution in [0.3, 0.4) is 0 Å². The SMILES string of the molecule is C.Cc1cc(-c2c(-c3ccc(F)cc3)nc(N)n3nc(Cc4cccc(Cl)n4)nc23)ccn1.[C-]#[N+]c1cccc(Cc2nc3c(-c4ccnc(C)c4)c(-c4ccc(F)cc4)nc(N)n3n2)n1. The summed E-state index contributed by atoms with van der Waals surface area (Å²) in [6.45, 7) is 11.0. The molecule has 4 N–H and O–H groups in total. The lowest BCUT2D eigenvalue weighted by atomic mass is 10.0. The number of anilines is 2. The summed E-state index contributed by atoms with van der Waals surface area (Å²) in [5.74, 6) is 0.977. The molecule has 10 aromatic rings. The highest BCUT2D eigenvalue weighted by Gasteiger charge is 2.23. The molecule has 8 aromatic heterocycles. The molecule has 0 aliphatic heterocycles. The summed E-state index contributed by atoms with van der Waals surface area (Å²) < 4.78 is 30.1. The first-order valence-electron chi connectivity index (χ1n) is 19.9. The van der Waals surface area contributed by atoms with E-state index in [0.717, 1.165) is 33.8 Å². The molecule has 66 heavy (non-hydrogen) atoms. The molecule has 0 amide bonds. The van der Waals surface area contributed by atoms with Crippen LogP contribution in [0.5, 0.6) is 0 Å². The number of nitrogen functional groups attached to an aromatic ring is 2. The van der Waals surface area contributed by atoms with Crippen molar-refractivity contribution >= 4 is 40.6 Å². The largest absolute Gasteiger partial charge is 0.368 e. The fourth-order valence-corrected chi connectivity index (χ4v) is 7.40. The minimum atomic E-state index is -0.340. The quantitative estimate of drug-likeness (QED) is 0.109. The lowest BCUT2D eigenvalue weighted by Gasteiger charge is -2.12. The van der Waals surface area contributed by atoms with Crippen molar-refractivity contribution in [2.24, 2.45) is 0 Å². The van der Waals surface area contributed by atoms with Crippen LogP contribution < -0.4 is 11.5 Å². The molecular formula is C48H38ClF2N15. The number of benzene rings is 2. The molecule has 2 aromatic carbocycles. The van der Waals surface area contributed by atoms with Gasteiger partial charge in [-0.2, -0.15) is 9.03 Å². The van der Waals surface area contributed by atoms with E-state index in [2.05, 4.69) is 44.9 Å². The maximum Gasteiger partial charge on any atom is 0.269 e. The van der Waals surface area contributed by atoms with Gasteiger partial charge in [0.1, 0.15) is 22.5 Å². The molecule has 0 aliphatic rings. The molecule has 0 radical (unpaired) electrons. The molecule has 0 fully saturated rings. The number of pyridine rings is 4. The molecule has 0 aliphatic carbocycles. The predicted octanol–water partition coefficient (Wildman–Crippen LogP) is 9.58. The topological polar surface area (TPSA) is 194 Å². The summed E-state index contributed by atoms with van der Waals surface area (Å²) in [5.41, 5.74) is 22.4. The smallest absolute Gasteiger partial charge is 0.269 e. The Hall–Kier alpha value is -8.62. The minimum Gasteiger partial charge on any atom is -0.368 e. The second-order valence-corrected chi connectivity index (χ2v) is 15.1. The fraction of sp³-hybridized carbons (Fsp3) is 0.104. The molecule has 0 atom stereocenters. The monoisotopic (exact) mass is 897 g/mol. The average Bonchev–Trinajstić information content (AvgIpc) is 3.92. The van der Waals surface area contributed by atoms with Crippen LogP contribution in [0.1, 0.15) is 41.9 Å². The summed E-state index contributed by atoms with van der Waals surface area (Å²) in [6.07, 6.45) is 4.13. The highest BCUT2D eigenvalue weighted by Crippen LogP contribution is 2.37. The molecular weight excluding hydrogens is 860 g/mol. The number of nitrogens with zero attached hydrogens (tertiary/aromatic N) is 13. The third kappa shape index (κ3) is 9.21. The summed E-state index contributed by atoms with van der Waals surface area (Å²) in [5, 5.41) is 9.50. The van der Waals surface area contributed by atoms with Crippen LogP contribution in [0.15, 0.2) is 122 Å². The Kier molecular flexibility index (Phi) is 12.4. The molecule has 0 saturated carbocycles. The van der Waals surface area contributed by atoms with E-state index in [1.54, 1.807) is 54.9 Å². The van der Waals surface area contributed by atoms with Crippen LogP contribution in [0.4, 0.5) is 26.5 Å². The second-order valence-electron chi connectivity index (χ2n) is 14.7. The zero-order valence-corrected chi connectivity index (χ0v) is 35.3. The molecule has 0 saturated heterocycles. The highest BCUT2D eigenvalue weighted by molar-refractivity contribution is 6.29. The van der Waals surface area contributed by atoms with Crippen LogP contribution in [0, 0.1) is 32.1 Å². The summed E-state index contributed by atoms with van der Waals surface area (Å²) in [7, 11) is 0. The predicted molar refractivity (Wildman–Crippen MR) is 249 cm³/mol. The van der Waals surface area contributed by atoms with Gasteiger partial charge in [0, 0.05) is 40.6 Å². The fourth-order valence-electron chi connectivity index (χ4n) is 7.22. The Morgan fingerprint density at radius 3 is 1.47 bits per heavy atom. The van der Waals surface area contributed by atoms with E-state index in [-0.39, 0.29) is 31.0 Å². The molecule has 0 unspecified atom stereocenters. The van der Waals surface area contributed by atoms with Crippen molar-refractivity contribution in [2.45, 2.75) is 34.1 Å². The van der Waals surface area contributed by atoms with Gasteiger partial charge in [-0.05, 0) is 122 Å². The van der Waals surface area contributed by atoms with Gasteiger partial charge in [-0.25, -0.2) is 33.7 Å². The van der Waals surface area contributed by atoms with Crippen molar-refractivity contribution < 1.29 is 8.78 Å². The number of halogens is 3. The van der Waals surface area contributed by atoms with Gasteiger partial charge in [-0.15, -0.1) is 15.2 Å². The van der Waals surface area contributed by atoms with E-state index in [4.69, 9.17) is 39.6 Å². The molecule has 0 spiro atoms. The van der Waals surface area contributed by atoms with Gasteiger partial charge in [0.15, 0.2) is 22.9 Å². The summed E-state index contributed by atoms with van der Waals surface area (Å²) in [4.78, 5) is 39.3. The maximum absolute atomic E-state index is 13.6. The van der Waals surface area contributed by atoms with Crippen LogP contribution in [-0.2, 0) is 12.8 Å². The molecule has 326 valence electrons. The number of rotatable bonds is 8.